The minimum atomic E-state index is 0.0216. The number of likely N-dealkylation sites (tertiary alicyclic amines) is 2. The predicted molar refractivity (Wildman–Crippen MR) is 128 cm³/mol. The normalized spacial score (nSPS) is 19.7. The number of amides is 1. The zero-order valence-corrected chi connectivity index (χ0v) is 19.4. The number of hydrogen-bond acceptors (Lipinski definition) is 5. The van der Waals surface area contributed by atoms with Crippen LogP contribution in [0.25, 0.3) is 11.4 Å². The highest BCUT2D eigenvalue weighted by molar-refractivity contribution is 6.30. The maximum atomic E-state index is 13.5. The van der Waals surface area contributed by atoms with E-state index in [-0.39, 0.29) is 17.9 Å². The van der Waals surface area contributed by atoms with Gasteiger partial charge in [-0.05, 0) is 74.7 Å². The van der Waals surface area contributed by atoms with Crippen molar-refractivity contribution in [1.82, 2.24) is 24.8 Å². The molecule has 0 radical (unpaired) electrons. The van der Waals surface area contributed by atoms with E-state index in [4.69, 9.17) is 16.6 Å². The van der Waals surface area contributed by atoms with E-state index in [0.717, 1.165) is 63.1 Å². The second-order valence-corrected chi connectivity index (χ2v) is 9.35. The first-order valence-corrected chi connectivity index (χ1v) is 12.1. The fourth-order valence-electron chi connectivity index (χ4n) is 4.98. The van der Waals surface area contributed by atoms with E-state index in [2.05, 4.69) is 31.9 Å². The van der Waals surface area contributed by atoms with Crippen molar-refractivity contribution >= 4 is 17.5 Å². The first-order valence-electron chi connectivity index (χ1n) is 11.7. The van der Waals surface area contributed by atoms with Crippen LogP contribution in [0.2, 0.25) is 5.02 Å². The van der Waals surface area contributed by atoms with E-state index in [1.165, 1.54) is 5.56 Å². The second kappa shape index (κ2) is 9.98. The van der Waals surface area contributed by atoms with E-state index in [1.807, 2.05) is 42.7 Å². The van der Waals surface area contributed by atoms with Crippen LogP contribution in [0.15, 0.2) is 61.1 Å². The fraction of sp³-hybridized carbons (Fsp3) is 0.385. The number of halogens is 1. The average molecular weight is 462 g/mol. The van der Waals surface area contributed by atoms with Gasteiger partial charge in [-0.3, -0.25) is 14.7 Å². The van der Waals surface area contributed by atoms with E-state index in [1.54, 1.807) is 6.20 Å². The largest absolute Gasteiger partial charge is 0.334 e. The third-order valence-electron chi connectivity index (χ3n) is 6.73. The van der Waals surface area contributed by atoms with Gasteiger partial charge in [0.1, 0.15) is 0 Å². The summed E-state index contributed by atoms with van der Waals surface area (Å²) < 4.78 is 0. The Hall–Kier alpha value is -2.83. The van der Waals surface area contributed by atoms with Crippen molar-refractivity contribution in [2.24, 2.45) is 5.92 Å². The van der Waals surface area contributed by atoms with E-state index < -0.39 is 0 Å². The van der Waals surface area contributed by atoms with Crippen molar-refractivity contribution in [3.05, 3.63) is 77.3 Å². The Bertz CT molecular complexity index is 1100. The van der Waals surface area contributed by atoms with Crippen molar-refractivity contribution in [2.45, 2.75) is 38.3 Å². The third kappa shape index (κ3) is 5.07. The molecule has 0 unspecified atom stereocenters. The molecule has 0 spiro atoms. The molecule has 5 rings (SSSR count). The average Bonchev–Trinajstić information content (AvgIpc) is 3.35. The molecule has 4 heterocycles. The zero-order valence-electron chi connectivity index (χ0n) is 18.6. The summed E-state index contributed by atoms with van der Waals surface area (Å²) in [6.07, 6.45) is 9.23. The lowest BCUT2D eigenvalue weighted by Gasteiger charge is -2.34. The topological polar surface area (TPSA) is 62.2 Å². The lowest BCUT2D eigenvalue weighted by molar-refractivity contribution is -0.138. The molecule has 0 bridgehead atoms. The molecule has 7 heteroatoms. The van der Waals surface area contributed by atoms with Gasteiger partial charge in [0.05, 0.1) is 11.7 Å². The Balaban J connectivity index is 1.25. The van der Waals surface area contributed by atoms with Crippen LogP contribution in [0.3, 0.4) is 0 Å². The maximum Gasteiger partial charge on any atom is 0.226 e. The first-order chi connectivity index (χ1) is 16.2. The molecule has 33 heavy (non-hydrogen) atoms. The first kappa shape index (κ1) is 22.0. The van der Waals surface area contributed by atoms with E-state index >= 15 is 0 Å². The highest BCUT2D eigenvalue weighted by Gasteiger charge is 2.36. The summed E-state index contributed by atoms with van der Waals surface area (Å²) in [6.45, 7) is 3.62. The number of nitrogens with zero attached hydrogens (tertiary/aromatic N) is 5. The Labute approximate surface area is 199 Å². The Morgan fingerprint density at radius 2 is 1.82 bits per heavy atom. The quantitative estimate of drug-likeness (QED) is 0.547. The number of aromatic nitrogens is 3. The zero-order chi connectivity index (χ0) is 22.6. The van der Waals surface area contributed by atoms with E-state index in [9.17, 15) is 4.79 Å². The van der Waals surface area contributed by atoms with E-state index in [0.29, 0.717) is 10.8 Å². The summed E-state index contributed by atoms with van der Waals surface area (Å²) in [5.41, 5.74) is 3.08. The number of rotatable bonds is 5. The molecule has 2 aromatic heterocycles. The number of carbonyl (C=O) groups excluding carboxylic acids is 1. The summed E-state index contributed by atoms with van der Waals surface area (Å²) >= 11 is 6.15. The van der Waals surface area contributed by atoms with Gasteiger partial charge >= 0.3 is 0 Å². The summed E-state index contributed by atoms with van der Waals surface area (Å²) in [7, 11) is 0. The Morgan fingerprint density at radius 1 is 1.00 bits per heavy atom. The molecular weight excluding hydrogens is 434 g/mol. The van der Waals surface area contributed by atoms with Gasteiger partial charge in [0.2, 0.25) is 5.91 Å². The van der Waals surface area contributed by atoms with Gasteiger partial charge in [-0.2, -0.15) is 0 Å². The number of piperidine rings is 1. The minimum Gasteiger partial charge on any atom is -0.334 e. The van der Waals surface area contributed by atoms with Gasteiger partial charge in [-0.15, -0.1) is 0 Å². The standard InChI is InChI=1S/C26H28ClN5O/c27-22-4-1-3-21(17-22)25-29-13-8-23(30-25)24-5-2-14-32(24)26(33)20-9-15-31(16-10-20)18-19-6-11-28-12-7-19/h1,3-4,6-8,11-13,17,20,24H,2,5,9-10,14-16,18H2/t24-/m0/s1. The maximum absolute atomic E-state index is 13.5. The molecule has 2 aliphatic rings. The summed E-state index contributed by atoms with van der Waals surface area (Å²) in [5.74, 6) is 1.02. The van der Waals surface area contributed by atoms with Crippen LogP contribution in [0.1, 0.15) is 43.0 Å². The van der Waals surface area contributed by atoms with Crippen molar-refractivity contribution < 1.29 is 4.79 Å². The van der Waals surface area contributed by atoms with Gasteiger partial charge < -0.3 is 4.90 Å². The number of carbonyl (C=O) groups is 1. The Morgan fingerprint density at radius 3 is 2.61 bits per heavy atom. The van der Waals surface area contributed by atoms with Gasteiger partial charge in [0, 0.05) is 48.2 Å². The molecule has 0 aliphatic carbocycles. The van der Waals surface area contributed by atoms with Gasteiger partial charge in [-0.1, -0.05) is 23.7 Å². The monoisotopic (exact) mass is 461 g/mol. The molecule has 1 aromatic carbocycles. The summed E-state index contributed by atoms with van der Waals surface area (Å²) in [4.78, 5) is 31.3. The van der Waals surface area contributed by atoms with Crippen molar-refractivity contribution in [1.29, 1.82) is 0 Å². The van der Waals surface area contributed by atoms with Crippen LogP contribution in [-0.4, -0.2) is 50.3 Å². The molecule has 2 aliphatic heterocycles. The summed E-state index contributed by atoms with van der Waals surface area (Å²) in [6, 6.07) is 13.7. The predicted octanol–water partition coefficient (Wildman–Crippen LogP) is 4.77. The molecule has 0 saturated carbocycles. The highest BCUT2D eigenvalue weighted by atomic mass is 35.5. The number of pyridine rings is 1. The summed E-state index contributed by atoms with van der Waals surface area (Å²) in [5, 5.41) is 0.662. The van der Waals surface area contributed by atoms with Crippen LogP contribution >= 0.6 is 11.6 Å². The second-order valence-electron chi connectivity index (χ2n) is 8.91. The molecule has 6 nitrogen and oxygen atoms in total. The van der Waals surface area contributed by atoms with Crippen molar-refractivity contribution in [2.75, 3.05) is 19.6 Å². The van der Waals surface area contributed by atoms with Crippen LogP contribution < -0.4 is 0 Å². The SMILES string of the molecule is O=C(C1CCN(Cc2ccncc2)CC1)N1CCC[C@H]1c1ccnc(-c2cccc(Cl)c2)n1. The van der Waals surface area contributed by atoms with Gasteiger partial charge in [0.15, 0.2) is 5.82 Å². The Kier molecular flexibility index (Phi) is 6.65. The molecule has 1 amide bonds. The van der Waals surface area contributed by atoms with Crippen LogP contribution in [0.5, 0.6) is 0 Å². The molecule has 3 aromatic rings. The molecule has 2 fully saturated rings. The van der Waals surface area contributed by atoms with Crippen LogP contribution in [0, 0.1) is 5.92 Å². The molecule has 1 atom stereocenters. The molecule has 2 saturated heterocycles. The van der Waals surface area contributed by atoms with Crippen LogP contribution in [-0.2, 0) is 11.3 Å². The van der Waals surface area contributed by atoms with Crippen molar-refractivity contribution in [3.8, 4) is 11.4 Å². The van der Waals surface area contributed by atoms with Gasteiger partial charge in [-0.25, -0.2) is 9.97 Å². The minimum absolute atomic E-state index is 0.0216. The smallest absolute Gasteiger partial charge is 0.226 e. The highest BCUT2D eigenvalue weighted by Crippen LogP contribution is 2.34. The number of benzene rings is 1. The number of hydrogen-bond donors (Lipinski definition) is 0. The molecule has 170 valence electrons. The van der Waals surface area contributed by atoms with Gasteiger partial charge in [0.25, 0.3) is 0 Å². The van der Waals surface area contributed by atoms with Crippen molar-refractivity contribution in [3.63, 3.8) is 0 Å². The lowest BCUT2D eigenvalue weighted by atomic mass is 9.94. The third-order valence-corrected chi connectivity index (χ3v) is 6.96. The van der Waals surface area contributed by atoms with Crippen LogP contribution in [0.4, 0.5) is 0 Å². The molecular formula is C26H28ClN5O. The molecule has 0 N–H and O–H groups in total. The lowest BCUT2D eigenvalue weighted by Crippen LogP contribution is -2.42. The fourth-order valence-corrected chi connectivity index (χ4v) is 5.17.